The van der Waals surface area contributed by atoms with Gasteiger partial charge in [-0.05, 0) is 24.9 Å². The number of nitrogens with zero attached hydrogens (tertiary/aromatic N) is 3. The quantitative estimate of drug-likeness (QED) is 0.746. The van der Waals surface area contributed by atoms with Gasteiger partial charge in [0.15, 0.2) is 5.82 Å². The van der Waals surface area contributed by atoms with E-state index in [1.165, 1.54) is 6.20 Å². The molecule has 92 valence electrons. The fraction of sp³-hybridized carbons (Fsp3) is 0.500. The van der Waals surface area contributed by atoms with Crippen molar-refractivity contribution in [2.24, 2.45) is 11.1 Å². The standard InChI is InChI=1S/C10H14ClN5O/c1-10(8(13)17)2-3-16(5-10)7-6(12)4-14-9(11)15-7/h4H,2-3,5,12H2,1H3,(H2,13,17). The predicted molar refractivity (Wildman–Crippen MR) is 65.6 cm³/mol. The van der Waals surface area contributed by atoms with Gasteiger partial charge >= 0.3 is 0 Å². The minimum Gasteiger partial charge on any atom is -0.394 e. The molecule has 1 aromatic rings. The Balaban J connectivity index is 2.26. The van der Waals surface area contributed by atoms with Gasteiger partial charge < -0.3 is 16.4 Å². The number of hydrogen-bond donors (Lipinski definition) is 2. The largest absolute Gasteiger partial charge is 0.394 e. The molecule has 0 radical (unpaired) electrons. The minimum atomic E-state index is -0.538. The first-order chi connectivity index (χ1) is 7.92. The second kappa shape index (κ2) is 4.03. The molecule has 0 aliphatic carbocycles. The van der Waals surface area contributed by atoms with Crippen molar-refractivity contribution in [1.82, 2.24) is 9.97 Å². The molecule has 7 heteroatoms. The number of hydrogen-bond acceptors (Lipinski definition) is 5. The van der Waals surface area contributed by atoms with Crippen LogP contribution in [0.5, 0.6) is 0 Å². The van der Waals surface area contributed by atoms with Crippen LogP contribution in [-0.2, 0) is 4.79 Å². The van der Waals surface area contributed by atoms with Gasteiger partial charge in [-0.1, -0.05) is 0 Å². The van der Waals surface area contributed by atoms with Gasteiger partial charge in [0.2, 0.25) is 11.2 Å². The number of amides is 1. The van der Waals surface area contributed by atoms with Crippen LogP contribution in [0.2, 0.25) is 5.28 Å². The lowest BCUT2D eigenvalue weighted by atomic mass is 9.89. The summed E-state index contributed by atoms with van der Waals surface area (Å²) >= 11 is 5.73. The Labute approximate surface area is 104 Å². The molecule has 4 N–H and O–H groups in total. The highest BCUT2D eigenvalue weighted by molar-refractivity contribution is 6.28. The highest BCUT2D eigenvalue weighted by Crippen LogP contribution is 2.34. The number of aromatic nitrogens is 2. The number of carbonyl (C=O) groups is 1. The van der Waals surface area contributed by atoms with Crippen molar-refractivity contribution < 1.29 is 4.79 Å². The van der Waals surface area contributed by atoms with Gasteiger partial charge in [0.05, 0.1) is 17.3 Å². The van der Waals surface area contributed by atoms with Crippen LogP contribution in [0.3, 0.4) is 0 Å². The zero-order valence-corrected chi connectivity index (χ0v) is 10.2. The maximum absolute atomic E-state index is 11.4. The molecule has 1 fully saturated rings. The summed E-state index contributed by atoms with van der Waals surface area (Å²) in [5, 5.41) is 0.141. The summed E-state index contributed by atoms with van der Waals surface area (Å²) in [7, 11) is 0. The fourth-order valence-corrected chi connectivity index (χ4v) is 2.09. The summed E-state index contributed by atoms with van der Waals surface area (Å²) in [6.07, 6.45) is 2.15. The molecule has 1 saturated heterocycles. The van der Waals surface area contributed by atoms with Crippen LogP contribution in [0.1, 0.15) is 13.3 Å². The molecule has 0 saturated carbocycles. The van der Waals surface area contributed by atoms with E-state index in [0.29, 0.717) is 31.0 Å². The highest BCUT2D eigenvalue weighted by atomic mass is 35.5. The van der Waals surface area contributed by atoms with E-state index in [-0.39, 0.29) is 11.2 Å². The van der Waals surface area contributed by atoms with Crippen molar-refractivity contribution in [3.63, 3.8) is 0 Å². The summed E-state index contributed by atoms with van der Waals surface area (Å²) in [5.41, 5.74) is 11.1. The molecule has 0 aromatic carbocycles. The lowest BCUT2D eigenvalue weighted by Crippen LogP contribution is -2.37. The predicted octanol–water partition coefficient (Wildman–Crippen LogP) is 0.414. The van der Waals surface area contributed by atoms with Crippen LogP contribution in [-0.4, -0.2) is 29.0 Å². The molecule has 2 rings (SSSR count). The summed E-state index contributed by atoms with van der Waals surface area (Å²) in [5.74, 6) is 0.258. The molecule has 1 unspecified atom stereocenters. The van der Waals surface area contributed by atoms with Crippen LogP contribution in [0.4, 0.5) is 11.5 Å². The van der Waals surface area contributed by atoms with E-state index >= 15 is 0 Å². The Morgan fingerprint density at radius 2 is 2.35 bits per heavy atom. The summed E-state index contributed by atoms with van der Waals surface area (Å²) in [6, 6.07) is 0. The average Bonchev–Trinajstić information content (AvgIpc) is 2.66. The molecule has 1 aliphatic heterocycles. The van der Waals surface area contributed by atoms with Gasteiger partial charge in [0.1, 0.15) is 0 Å². The molecule has 6 nitrogen and oxygen atoms in total. The number of anilines is 2. The molecule has 17 heavy (non-hydrogen) atoms. The zero-order chi connectivity index (χ0) is 12.6. The van der Waals surface area contributed by atoms with Crippen LogP contribution in [0.25, 0.3) is 0 Å². The SMILES string of the molecule is CC1(C(N)=O)CCN(c2nc(Cl)ncc2N)C1. The number of halogens is 1. The molecule has 1 aromatic heterocycles. The van der Waals surface area contributed by atoms with E-state index < -0.39 is 5.41 Å². The normalized spacial score (nSPS) is 24.0. The van der Waals surface area contributed by atoms with Crippen molar-refractivity contribution in [3.05, 3.63) is 11.5 Å². The van der Waals surface area contributed by atoms with Gasteiger partial charge in [-0.25, -0.2) is 4.98 Å². The Hall–Kier alpha value is -1.56. The van der Waals surface area contributed by atoms with Crippen molar-refractivity contribution in [2.75, 3.05) is 23.7 Å². The van der Waals surface area contributed by atoms with E-state index in [4.69, 9.17) is 23.1 Å². The molecule has 1 atom stereocenters. The van der Waals surface area contributed by atoms with E-state index in [9.17, 15) is 4.79 Å². The van der Waals surface area contributed by atoms with Gasteiger partial charge in [-0.3, -0.25) is 4.79 Å². The second-order valence-corrected chi connectivity index (χ2v) is 4.85. The van der Waals surface area contributed by atoms with Crippen molar-refractivity contribution >= 4 is 29.0 Å². The minimum absolute atomic E-state index is 0.141. The summed E-state index contributed by atoms with van der Waals surface area (Å²) < 4.78 is 0. The number of primary amides is 1. The van der Waals surface area contributed by atoms with Gasteiger partial charge in [-0.15, -0.1) is 0 Å². The lowest BCUT2D eigenvalue weighted by molar-refractivity contribution is -0.125. The molecular formula is C10H14ClN5O. The fourth-order valence-electron chi connectivity index (χ4n) is 1.96. The van der Waals surface area contributed by atoms with Crippen LogP contribution in [0, 0.1) is 5.41 Å². The van der Waals surface area contributed by atoms with Crippen LogP contribution >= 0.6 is 11.6 Å². The first kappa shape index (κ1) is 11.9. The first-order valence-corrected chi connectivity index (χ1v) is 5.63. The van der Waals surface area contributed by atoms with E-state index in [2.05, 4.69) is 9.97 Å². The van der Waals surface area contributed by atoms with Crippen LogP contribution in [0.15, 0.2) is 6.20 Å². The molecule has 0 bridgehead atoms. The Bertz CT molecular complexity index is 466. The Kier molecular flexibility index (Phi) is 2.82. The Morgan fingerprint density at radius 3 is 2.94 bits per heavy atom. The monoisotopic (exact) mass is 255 g/mol. The third-order valence-electron chi connectivity index (χ3n) is 3.13. The van der Waals surface area contributed by atoms with Gasteiger partial charge in [0, 0.05) is 13.1 Å². The summed E-state index contributed by atoms with van der Waals surface area (Å²) in [4.78, 5) is 21.1. The molecule has 1 amide bonds. The average molecular weight is 256 g/mol. The number of rotatable bonds is 2. The third-order valence-corrected chi connectivity index (χ3v) is 3.32. The number of carbonyl (C=O) groups excluding carboxylic acids is 1. The highest BCUT2D eigenvalue weighted by Gasteiger charge is 2.39. The van der Waals surface area contributed by atoms with Crippen LogP contribution < -0.4 is 16.4 Å². The van der Waals surface area contributed by atoms with E-state index in [0.717, 1.165) is 0 Å². The lowest BCUT2D eigenvalue weighted by Gasteiger charge is -2.22. The topological polar surface area (TPSA) is 98.1 Å². The summed E-state index contributed by atoms with van der Waals surface area (Å²) in [6.45, 7) is 3.02. The smallest absolute Gasteiger partial charge is 0.225 e. The zero-order valence-electron chi connectivity index (χ0n) is 9.48. The van der Waals surface area contributed by atoms with Crippen molar-refractivity contribution in [3.8, 4) is 0 Å². The molecule has 1 aliphatic rings. The number of nitrogen functional groups attached to an aromatic ring is 1. The Morgan fingerprint density at radius 1 is 1.65 bits per heavy atom. The molecular weight excluding hydrogens is 242 g/mol. The van der Waals surface area contributed by atoms with Crippen molar-refractivity contribution in [1.29, 1.82) is 0 Å². The van der Waals surface area contributed by atoms with Gasteiger partial charge in [-0.2, -0.15) is 4.98 Å². The maximum Gasteiger partial charge on any atom is 0.225 e. The molecule has 0 spiro atoms. The van der Waals surface area contributed by atoms with Gasteiger partial charge in [0.25, 0.3) is 0 Å². The second-order valence-electron chi connectivity index (χ2n) is 4.51. The molecule has 2 heterocycles. The van der Waals surface area contributed by atoms with Crippen molar-refractivity contribution in [2.45, 2.75) is 13.3 Å². The van der Waals surface area contributed by atoms with E-state index in [1.54, 1.807) is 0 Å². The maximum atomic E-state index is 11.4. The third kappa shape index (κ3) is 2.12. The van der Waals surface area contributed by atoms with E-state index in [1.807, 2.05) is 11.8 Å². The number of nitrogens with two attached hydrogens (primary N) is 2. The first-order valence-electron chi connectivity index (χ1n) is 5.25.